The number of hydrogen-bond donors (Lipinski definition) is 1. The molecule has 1 N–H and O–H groups in total. The van der Waals surface area contributed by atoms with Gasteiger partial charge in [-0.05, 0) is 73.7 Å². The standard InChI is InChI=1S/C24H28BrN3O5/c1-28(23(29)18-8-10-19(11-9-18)27-24(30)32-14-13-25)26-16-17-7-12-21(31-2)22(15-17)33-20-5-3-4-6-20/h7-12,15-16,20H,3-6,13-14H2,1-2H3,(H,27,30). The Hall–Kier alpha value is -3.07. The Kier molecular flexibility index (Phi) is 9.12. The molecule has 2 amide bonds. The first-order chi connectivity index (χ1) is 16.0. The second-order valence-electron chi connectivity index (χ2n) is 7.54. The van der Waals surface area contributed by atoms with Crippen LogP contribution in [0.1, 0.15) is 41.6 Å². The SMILES string of the molecule is COc1ccc(C=NN(C)C(=O)c2ccc(NC(=O)OCCBr)cc2)cc1OC1CCCC1. The molecule has 1 aliphatic carbocycles. The molecule has 0 unspecified atom stereocenters. The van der Waals surface area contributed by atoms with Crippen LogP contribution in [0.15, 0.2) is 47.6 Å². The highest BCUT2D eigenvalue weighted by molar-refractivity contribution is 9.09. The monoisotopic (exact) mass is 517 g/mol. The number of anilines is 1. The van der Waals surface area contributed by atoms with Crippen molar-refractivity contribution in [1.29, 1.82) is 0 Å². The molecular weight excluding hydrogens is 490 g/mol. The van der Waals surface area contributed by atoms with Gasteiger partial charge in [0.2, 0.25) is 0 Å². The van der Waals surface area contributed by atoms with Gasteiger partial charge in [0.05, 0.1) is 19.4 Å². The molecule has 0 aliphatic heterocycles. The number of hydrogen-bond acceptors (Lipinski definition) is 6. The molecule has 0 bridgehead atoms. The number of rotatable bonds is 9. The molecule has 0 radical (unpaired) electrons. The molecule has 1 aliphatic rings. The van der Waals surface area contributed by atoms with Crippen LogP contribution in [0.25, 0.3) is 0 Å². The van der Waals surface area contributed by atoms with E-state index in [1.807, 2.05) is 18.2 Å². The highest BCUT2D eigenvalue weighted by Crippen LogP contribution is 2.32. The lowest BCUT2D eigenvalue weighted by Gasteiger charge is -2.16. The van der Waals surface area contributed by atoms with E-state index >= 15 is 0 Å². The lowest BCUT2D eigenvalue weighted by Crippen LogP contribution is -2.21. The van der Waals surface area contributed by atoms with Gasteiger partial charge in [0.25, 0.3) is 5.91 Å². The Balaban J connectivity index is 1.61. The van der Waals surface area contributed by atoms with E-state index in [0.29, 0.717) is 28.1 Å². The number of methoxy groups -OCH3 is 1. The Morgan fingerprint density at radius 2 is 1.88 bits per heavy atom. The molecule has 2 aromatic carbocycles. The summed E-state index contributed by atoms with van der Waals surface area (Å²) in [6.07, 6.45) is 5.72. The van der Waals surface area contributed by atoms with Crippen molar-refractivity contribution in [2.24, 2.45) is 5.10 Å². The number of benzene rings is 2. The van der Waals surface area contributed by atoms with Crippen molar-refractivity contribution in [3.05, 3.63) is 53.6 Å². The summed E-state index contributed by atoms with van der Waals surface area (Å²) in [5, 5.41) is 8.69. The molecule has 3 rings (SSSR count). The van der Waals surface area contributed by atoms with Gasteiger partial charge >= 0.3 is 6.09 Å². The smallest absolute Gasteiger partial charge is 0.411 e. The molecule has 9 heteroatoms. The maximum atomic E-state index is 12.7. The third kappa shape index (κ3) is 7.21. The van der Waals surface area contributed by atoms with Crippen LogP contribution in [0.2, 0.25) is 0 Å². The number of nitrogens with one attached hydrogen (secondary N) is 1. The Bertz CT molecular complexity index is 975. The van der Waals surface area contributed by atoms with E-state index in [2.05, 4.69) is 26.3 Å². The van der Waals surface area contributed by atoms with Gasteiger partial charge in [0.1, 0.15) is 6.61 Å². The van der Waals surface area contributed by atoms with Crippen molar-refractivity contribution in [3.8, 4) is 11.5 Å². The maximum Gasteiger partial charge on any atom is 0.411 e. The third-order valence-electron chi connectivity index (χ3n) is 5.15. The van der Waals surface area contributed by atoms with Crippen LogP contribution >= 0.6 is 15.9 Å². The van der Waals surface area contributed by atoms with Gasteiger partial charge in [-0.25, -0.2) is 9.80 Å². The van der Waals surface area contributed by atoms with Crippen LogP contribution in [0, 0.1) is 0 Å². The van der Waals surface area contributed by atoms with E-state index in [-0.39, 0.29) is 18.6 Å². The number of hydrazone groups is 1. The van der Waals surface area contributed by atoms with Gasteiger partial charge in [-0.1, -0.05) is 15.9 Å². The molecule has 0 spiro atoms. The van der Waals surface area contributed by atoms with Crippen molar-refractivity contribution in [1.82, 2.24) is 5.01 Å². The second kappa shape index (κ2) is 12.2. The predicted molar refractivity (Wildman–Crippen MR) is 131 cm³/mol. The van der Waals surface area contributed by atoms with Crippen LogP contribution in [0.4, 0.5) is 10.5 Å². The summed E-state index contributed by atoms with van der Waals surface area (Å²) in [7, 11) is 3.20. The fourth-order valence-corrected chi connectivity index (χ4v) is 3.59. The summed E-state index contributed by atoms with van der Waals surface area (Å²) in [5.74, 6) is 1.07. The van der Waals surface area contributed by atoms with Crippen LogP contribution in [0.3, 0.4) is 0 Å². The quantitative estimate of drug-likeness (QED) is 0.285. The Morgan fingerprint density at radius 1 is 1.15 bits per heavy atom. The summed E-state index contributed by atoms with van der Waals surface area (Å²) in [6.45, 7) is 0.271. The van der Waals surface area contributed by atoms with Gasteiger partial charge in [-0.3, -0.25) is 10.1 Å². The van der Waals surface area contributed by atoms with Crippen molar-refractivity contribution in [2.75, 3.05) is 31.4 Å². The number of nitrogens with zero attached hydrogens (tertiary/aromatic N) is 2. The lowest BCUT2D eigenvalue weighted by molar-refractivity contribution is 0.0800. The molecule has 1 saturated carbocycles. The van der Waals surface area contributed by atoms with Gasteiger partial charge in [0.15, 0.2) is 11.5 Å². The highest BCUT2D eigenvalue weighted by Gasteiger charge is 2.18. The number of halogens is 1. The van der Waals surface area contributed by atoms with Crippen molar-refractivity contribution in [3.63, 3.8) is 0 Å². The summed E-state index contributed by atoms with van der Waals surface area (Å²) in [5.41, 5.74) is 1.77. The maximum absolute atomic E-state index is 12.7. The normalized spacial score (nSPS) is 13.7. The predicted octanol–water partition coefficient (Wildman–Crippen LogP) is 5.07. The zero-order valence-corrected chi connectivity index (χ0v) is 20.3. The summed E-state index contributed by atoms with van der Waals surface area (Å²) in [6, 6.07) is 12.1. The average Bonchev–Trinajstić information content (AvgIpc) is 3.34. The van der Waals surface area contributed by atoms with Crippen LogP contribution < -0.4 is 14.8 Å². The molecule has 2 aromatic rings. The number of alkyl halides is 1. The molecule has 33 heavy (non-hydrogen) atoms. The summed E-state index contributed by atoms with van der Waals surface area (Å²) < 4.78 is 16.5. The summed E-state index contributed by atoms with van der Waals surface area (Å²) >= 11 is 3.19. The van der Waals surface area contributed by atoms with E-state index < -0.39 is 6.09 Å². The van der Waals surface area contributed by atoms with Crippen LogP contribution in [-0.4, -0.2) is 55.4 Å². The Morgan fingerprint density at radius 3 is 2.55 bits per heavy atom. The minimum absolute atomic E-state index is 0.207. The molecule has 8 nitrogen and oxygen atoms in total. The first-order valence-electron chi connectivity index (χ1n) is 10.8. The van der Waals surface area contributed by atoms with Gasteiger partial charge in [-0.2, -0.15) is 5.10 Å². The zero-order valence-electron chi connectivity index (χ0n) is 18.8. The molecule has 0 atom stereocenters. The largest absolute Gasteiger partial charge is 0.493 e. The van der Waals surface area contributed by atoms with Crippen molar-refractivity contribution < 1.29 is 23.8 Å². The third-order valence-corrected chi connectivity index (χ3v) is 5.47. The number of carbonyl (C=O) groups excluding carboxylic acids is 2. The van der Waals surface area contributed by atoms with Crippen LogP contribution in [0.5, 0.6) is 11.5 Å². The molecule has 0 aromatic heterocycles. The van der Waals surface area contributed by atoms with E-state index in [4.69, 9.17) is 14.2 Å². The molecular formula is C24H28BrN3O5. The fourth-order valence-electron chi connectivity index (χ4n) is 3.43. The first kappa shape index (κ1) is 24.6. The van der Waals surface area contributed by atoms with Gasteiger partial charge in [-0.15, -0.1) is 0 Å². The minimum Gasteiger partial charge on any atom is -0.493 e. The minimum atomic E-state index is -0.550. The first-order valence-corrected chi connectivity index (χ1v) is 11.9. The van der Waals surface area contributed by atoms with Gasteiger partial charge < -0.3 is 14.2 Å². The van der Waals surface area contributed by atoms with E-state index in [9.17, 15) is 9.59 Å². The second-order valence-corrected chi connectivity index (χ2v) is 8.33. The molecule has 0 heterocycles. The van der Waals surface area contributed by atoms with Crippen molar-refractivity contribution in [2.45, 2.75) is 31.8 Å². The Labute approximate surface area is 202 Å². The van der Waals surface area contributed by atoms with Crippen LogP contribution in [-0.2, 0) is 4.74 Å². The fraction of sp³-hybridized carbons (Fsp3) is 0.375. The number of ether oxygens (including phenoxy) is 3. The lowest BCUT2D eigenvalue weighted by atomic mass is 10.2. The van der Waals surface area contributed by atoms with Crippen molar-refractivity contribution >= 4 is 39.8 Å². The van der Waals surface area contributed by atoms with E-state index in [0.717, 1.165) is 18.4 Å². The van der Waals surface area contributed by atoms with E-state index in [1.165, 1.54) is 17.9 Å². The highest BCUT2D eigenvalue weighted by atomic mass is 79.9. The molecule has 1 fully saturated rings. The average molecular weight is 518 g/mol. The van der Waals surface area contributed by atoms with Gasteiger partial charge in [0, 0.05) is 23.6 Å². The van der Waals surface area contributed by atoms with E-state index in [1.54, 1.807) is 44.6 Å². The number of carbonyl (C=O) groups is 2. The summed E-state index contributed by atoms with van der Waals surface area (Å²) in [4.78, 5) is 24.3. The number of amides is 2. The topological polar surface area (TPSA) is 89.5 Å². The molecule has 0 saturated heterocycles. The zero-order chi connectivity index (χ0) is 23.6. The molecule has 176 valence electrons.